The fourth-order valence-corrected chi connectivity index (χ4v) is 4.47. The summed E-state index contributed by atoms with van der Waals surface area (Å²) in [6.07, 6.45) is 0.682. The minimum atomic E-state index is -0.477. The zero-order valence-electron chi connectivity index (χ0n) is 21.1. The van der Waals surface area contributed by atoms with Gasteiger partial charge in [-0.05, 0) is 92.4 Å². The molecular formula is C29H34N4O2. The first-order valence-electron chi connectivity index (χ1n) is 12.2. The van der Waals surface area contributed by atoms with Crippen LogP contribution in [0.4, 0.5) is 16.2 Å². The Bertz CT molecular complexity index is 1260. The molecule has 1 aliphatic heterocycles. The van der Waals surface area contributed by atoms with E-state index in [4.69, 9.17) is 10.00 Å². The lowest BCUT2D eigenvalue weighted by Crippen LogP contribution is -2.39. The van der Waals surface area contributed by atoms with E-state index in [-0.39, 0.29) is 6.09 Å². The van der Waals surface area contributed by atoms with Crippen LogP contribution in [-0.4, -0.2) is 42.8 Å². The molecule has 4 rings (SSSR count). The minimum absolute atomic E-state index is 0.229. The molecule has 3 aromatic rings. The van der Waals surface area contributed by atoms with Crippen LogP contribution in [0.25, 0.3) is 10.8 Å². The van der Waals surface area contributed by atoms with E-state index in [9.17, 15) is 4.79 Å². The number of carbonyl (C=O) groups is 1. The van der Waals surface area contributed by atoms with E-state index in [0.29, 0.717) is 25.2 Å². The van der Waals surface area contributed by atoms with Crippen molar-refractivity contribution in [3.05, 3.63) is 71.3 Å². The molecule has 1 fully saturated rings. The van der Waals surface area contributed by atoms with E-state index in [1.54, 1.807) is 0 Å². The van der Waals surface area contributed by atoms with Gasteiger partial charge in [-0.15, -0.1) is 0 Å². The van der Waals surface area contributed by atoms with Gasteiger partial charge in [-0.3, -0.25) is 0 Å². The number of fused-ring (bicyclic) bond motifs is 1. The highest BCUT2D eigenvalue weighted by Gasteiger charge is 2.25. The molecule has 1 N–H and O–H groups in total. The Kier molecular flexibility index (Phi) is 7.16. The molecular weight excluding hydrogens is 436 g/mol. The van der Waals surface area contributed by atoms with Crippen molar-refractivity contribution in [2.45, 2.75) is 46.3 Å². The third-order valence-electron chi connectivity index (χ3n) is 6.22. The lowest BCUT2D eigenvalue weighted by molar-refractivity contribution is 0.0263. The van der Waals surface area contributed by atoms with Gasteiger partial charge in [0.1, 0.15) is 5.60 Å². The van der Waals surface area contributed by atoms with Crippen LogP contribution >= 0.6 is 0 Å². The number of aryl methyl sites for hydroxylation is 1. The molecule has 0 unspecified atom stereocenters. The molecule has 1 heterocycles. The smallest absolute Gasteiger partial charge is 0.410 e. The number of hydrogen-bond donors (Lipinski definition) is 1. The fourth-order valence-electron chi connectivity index (χ4n) is 4.47. The molecule has 0 aliphatic carbocycles. The molecule has 1 amide bonds. The number of hydrogen-bond acceptors (Lipinski definition) is 5. The summed E-state index contributed by atoms with van der Waals surface area (Å²) in [5.74, 6) is 0. The maximum Gasteiger partial charge on any atom is 0.410 e. The van der Waals surface area contributed by atoms with Gasteiger partial charge in [-0.1, -0.05) is 18.2 Å². The van der Waals surface area contributed by atoms with Crippen molar-refractivity contribution in [1.29, 1.82) is 5.26 Å². The van der Waals surface area contributed by atoms with Gasteiger partial charge in [-0.25, -0.2) is 4.79 Å². The molecule has 6 heteroatoms. The second-order valence-corrected chi connectivity index (χ2v) is 10.2. The molecule has 1 aliphatic rings. The summed E-state index contributed by atoms with van der Waals surface area (Å²) in [5.41, 5.74) is 4.85. The van der Waals surface area contributed by atoms with Crippen LogP contribution in [0.15, 0.2) is 54.6 Å². The van der Waals surface area contributed by atoms with Crippen LogP contribution in [0.5, 0.6) is 0 Å². The average molecular weight is 471 g/mol. The third kappa shape index (κ3) is 6.24. The maximum absolute atomic E-state index is 12.5. The van der Waals surface area contributed by atoms with Gasteiger partial charge in [0.2, 0.25) is 0 Å². The maximum atomic E-state index is 12.5. The highest BCUT2D eigenvalue weighted by atomic mass is 16.6. The van der Waals surface area contributed by atoms with E-state index < -0.39 is 5.60 Å². The Morgan fingerprint density at radius 2 is 1.80 bits per heavy atom. The number of rotatable bonds is 4. The number of nitrogens with one attached hydrogen (secondary N) is 1. The Morgan fingerprint density at radius 3 is 2.54 bits per heavy atom. The normalized spacial score (nSPS) is 14.4. The van der Waals surface area contributed by atoms with Gasteiger partial charge in [0.15, 0.2) is 0 Å². The molecule has 35 heavy (non-hydrogen) atoms. The molecule has 0 radical (unpaired) electrons. The molecule has 0 aromatic heterocycles. The van der Waals surface area contributed by atoms with E-state index in [0.717, 1.165) is 36.0 Å². The largest absolute Gasteiger partial charge is 0.444 e. The van der Waals surface area contributed by atoms with Gasteiger partial charge in [0.05, 0.1) is 11.6 Å². The molecule has 3 aromatic carbocycles. The highest BCUT2D eigenvalue weighted by Crippen LogP contribution is 2.26. The van der Waals surface area contributed by atoms with E-state index in [2.05, 4.69) is 59.6 Å². The third-order valence-corrected chi connectivity index (χ3v) is 6.22. The second kappa shape index (κ2) is 10.3. The van der Waals surface area contributed by atoms with E-state index >= 15 is 0 Å². The quantitative estimate of drug-likeness (QED) is 0.500. The number of ether oxygens (including phenoxy) is 1. The zero-order valence-corrected chi connectivity index (χ0v) is 21.1. The number of amides is 1. The summed E-state index contributed by atoms with van der Waals surface area (Å²) < 4.78 is 5.56. The summed E-state index contributed by atoms with van der Waals surface area (Å²) in [5, 5.41) is 14.9. The zero-order chi connectivity index (χ0) is 25.0. The molecule has 0 spiro atoms. The lowest BCUT2D eigenvalue weighted by atomic mass is 10.0. The van der Waals surface area contributed by atoms with Crippen molar-refractivity contribution in [1.82, 2.24) is 4.90 Å². The summed E-state index contributed by atoms with van der Waals surface area (Å²) in [4.78, 5) is 16.7. The first kappa shape index (κ1) is 24.4. The predicted molar refractivity (Wildman–Crippen MR) is 142 cm³/mol. The molecule has 1 saturated heterocycles. The van der Waals surface area contributed by atoms with Gasteiger partial charge >= 0.3 is 6.09 Å². The fraction of sp³-hybridized carbons (Fsp3) is 0.379. The summed E-state index contributed by atoms with van der Waals surface area (Å²) in [6.45, 7) is 11.6. The Hall–Kier alpha value is -3.72. The summed E-state index contributed by atoms with van der Waals surface area (Å²) in [7, 11) is 0. The van der Waals surface area contributed by atoms with Gasteiger partial charge in [0.25, 0.3) is 0 Å². The standard InChI is InChI=1S/C29H34N4O2/c1-21-16-26(31-20-23-7-9-24-8-6-22(19-30)17-25(24)18-23)10-11-27(21)32-12-5-13-33(15-14-32)28(34)35-29(2,3)4/h6-11,16-18,31H,5,12-15,20H2,1-4H3. The van der Waals surface area contributed by atoms with Crippen LogP contribution in [-0.2, 0) is 11.3 Å². The molecule has 0 atom stereocenters. The van der Waals surface area contributed by atoms with E-state index in [1.807, 2.05) is 43.9 Å². The Morgan fingerprint density at radius 1 is 1.00 bits per heavy atom. The number of anilines is 2. The number of carbonyl (C=O) groups excluding carboxylic acids is 1. The highest BCUT2D eigenvalue weighted by molar-refractivity contribution is 5.84. The number of nitrogens with zero attached hydrogens (tertiary/aromatic N) is 3. The van der Waals surface area contributed by atoms with Crippen molar-refractivity contribution >= 4 is 28.2 Å². The first-order valence-corrected chi connectivity index (χ1v) is 12.2. The van der Waals surface area contributed by atoms with Crippen molar-refractivity contribution < 1.29 is 9.53 Å². The number of nitriles is 1. The number of benzene rings is 3. The second-order valence-electron chi connectivity index (χ2n) is 10.2. The monoisotopic (exact) mass is 470 g/mol. The van der Waals surface area contributed by atoms with Crippen LogP contribution in [0.2, 0.25) is 0 Å². The Balaban J connectivity index is 1.38. The van der Waals surface area contributed by atoms with Crippen LogP contribution in [0, 0.1) is 18.3 Å². The average Bonchev–Trinajstić information content (AvgIpc) is 3.07. The van der Waals surface area contributed by atoms with Crippen molar-refractivity contribution in [2.75, 3.05) is 36.4 Å². The van der Waals surface area contributed by atoms with Crippen molar-refractivity contribution in [3.8, 4) is 6.07 Å². The molecule has 6 nitrogen and oxygen atoms in total. The van der Waals surface area contributed by atoms with Crippen LogP contribution in [0.1, 0.15) is 43.9 Å². The molecule has 0 saturated carbocycles. The van der Waals surface area contributed by atoms with Gasteiger partial charge in [0, 0.05) is 44.1 Å². The predicted octanol–water partition coefficient (Wildman–Crippen LogP) is 6.08. The first-order chi connectivity index (χ1) is 16.7. The summed E-state index contributed by atoms with van der Waals surface area (Å²) >= 11 is 0. The van der Waals surface area contributed by atoms with Crippen molar-refractivity contribution in [3.63, 3.8) is 0 Å². The van der Waals surface area contributed by atoms with Gasteiger partial charge < -0.3 is 19.9 Å². The Labute approximate surface area is 208 Å². The van der Waals surface area contributed by atoms with Gasteiger partial charge in [-0.2, -0.15) is 5.26 Å². The van der Waals surface area contributed by atoms with Crippen molar-refractivity contribution in [2.24, 2.45) is 0 Å². The van der Waals surface area contributed by atoms with E-state index in [1.165, 1.54) is 16.8 Å². The van der Waals surface area contributed by atoms with Crippen LogP contribution < -0.4 is 10.2 Å². The minimum Gasteiger partial charge on any atom is -0.444 e. The SMILES string of the molecule is Cc1cc(NCc2ccc3ccc(C#N)cc3c2)ccc1N1CCCN(C(=O)OC(C)(C)C)CC1. The lowest BCUT2D eigenvalue weighted by Gasteiger charge is -2.27. The topological polar surface area (TPSA) is 68.6 Å². The molecule has 0 bridgehead atoms. The van der Waals surface area contributed by atoms with Crippen LogP contribution in [0.3, 0.4) is 0 Å². The summed E-state index contributed by atoms with van der Waals surface area (Å²) in [6, 6.07) is 20.8. The molecule has 182 valence electrons.